The van der Waals surface area contributed by atoms with Crippen LogP contribution in [0.25, 0.3) is 0 Å². The molecule has 2 heterocycles. The number of anilines is 2. The summed E-state index contributed by atoms with van der Waals surface area (Å²) in [6, 6.07) is 0. The van der Waals surface area contributed by atoms with Crippen LogP contribution in [0, 0.1) is 6.92 Å². The molecule has 98 valence electrons. The van der Waals surface area contributed by atoms with Crippen LogP contribution in [-0.2, 0) is 13.1 Å². The van der Waals surface area contributed by atoms with Crippen molar-refractivity contribution in [3.8, 4) is 0 Å². The molecule has 0 atom stereocenters. The number of aryl methyl sites for hydroxylation is 3. The Labute approximate surface area is 107 Å². The summed E-state index contributed by atoms with van der Waals surface area (Å²) in [7, 11) is 0. The van der Waals surface area contributed by atoms with Gasteiger partial charge in [0.15, 0.2) is 0 Å². The zero-order valence-electron chi connectivity index (χ0n) is 10.9. The molecule has 0 spiro atoms. The lowest BCUT2D eigenvalue weighted by molar-refractivity contribution is 0.639. The topological polar surface area (TPSA) is 73.7 Å². The van der Waals surface area contributed by atoms with E-state index in [1.165, 1.54) is 0 Å². The highest BCUT2D eigenvalue weighted by Gasteiger charge is 2.10. The summed E-state index contributed by atoms with van der Waals surface area (Å²) in [6.45, 7) is 6.63. The van der Waals surface area contributed by atoms with Crippen molar-refractivity contribution in [1.82, 2.24) is 19.3 Å². The molecule has 0 aliphatic heterocycles. The normalized spacial score (nSPS) is 10.8. The third-order valence-corrected chi connectivity index (χ3v) is 2.92. The molecular formula is C12H20N6. The average Bonchev–Trinajstić information content (AvgIpc) is 2.96. The molecule has 2 rings (SSSR count). The van der Waals surface area contributed by atoms with Crippen LogP contribution >= 0.6 is 0 Å². The van der Waals surface area contributed by atoms with Gasteiger partial charge in [-0.25, -0.2) is 9.67 Å². The lowest BCUT2D eigenvalue weighted by Gasteiger charge is -2.09. The van der Waals surface area contributed by atoms with E-state index in [-0.39, 0.29) is 0 Å². The smallest absolute Gasteiger partial charge is 0.148 e. The average molecular weight is 248 g/mol. The van der Waals surface area contributed by atoms with Crippen LogP contribution in [0.3, 0.4) is 0 Å². The van der Waals surface area contributed by atoms with Crippen molar-refractivity contribution in [3.05, 3.63) is 24.4 Å². The van der Waals surface area contributed by atoms with Crippen LogP contribution < -0.4 is 11.1 Å². The third kappa shape index (κ3) is 2.64. The Kier molecular flexibility index (Phi) is 3.86. The molecule has 0 aliphatic rings. The van der Waals surface area contributed by atoms with Gasteiger partial charge in [-0.1, -0.05) is 0 Å². The van der Waals surface area contributed by atoms with Crippen molar-refractivity contribution < 1.29 is 0 Å². The molecule has 0 aromatic carbocycles. The van der Waals surface area contributed by atoms with Gasteiger partial charge in [0.2, 0.25) is 0 Å². The molecule has 18 heavy (non-hydrogen) atoms. The highest BCUT2D eigenvalue weighted by molar-refractivity contribution is 5.64. The maximum Gasteiger partial charge on any atom is 0.148 e. The molecule has 3 N–H and O–H groups in total. The Morgan fingerprint density at radius 1 is 1.44 bits per heavy atom. The fourth-order valence-corrected chi connectivity index (χ4v) is 1.90. The Bertz CT molecular complexity index is 485. The van der Waals surface area contributed by atoms with Crippen molar-refractivity contribution in [2.24, 2.45) is 0 Å². The number of aromatic nitrogens is 4. The molecule has 0 radical (unpaired) electrons. The van der Waals surface area contributed by atoms with Gasteiger partial charge >= 0.3 is 0 Å². The van der Waals surface area contributed by atoms with E-state index in [4.69, 9.17) is 5.73 Å². The Morgan fingerprint density at radius 2 is 2.28 bits per heavy atom. The molecule has 0 fully saturated rings. The van der Waals surface area contributed by atoms with Crippen LogP contribution in [0.4, 0.5) is 11.5 Å². The summed E-state index contributed by atoms with van der Waals surface area (Å²) in [5.74, 6) is 0.931. The quantitative estimate of drug-likeness (QED) is 0.760. The third-order valence-electron chi connectivity index (χ3n) is 2.92. The minimum atomic E-state index is 0.750. The van der Waals surface area contributed by atoms with Crippen LogP contribution in [0.15, 0.2) is 18.7 Å². The number of imidazole rings is 1. The molecule has 0 bridgehead atoms. The van der Waals surface area contributed by atoms with Gasteiger partial charge in [-0.2, -0.15) is 5.10 Å². The fourth-order valence-electron chi connectivity index (χ4n) is 1.90. The lowest BCUT2D eigenvalue weighted by atomic mass is 10.3. The number of nitrogens with zero attached hydrogens (tertiary/aromatic N) is 4. The summed E-state index contributed by atoms with van der Waals surface area (Å²) < 4.78 is 3.97. The number of nitrogen functional groups attached to an aromatic ring is 1. The first kappa shape index (κ1) is 12.5. The molecule has 0 saturated heterocycles. The second-order valence-electron chi connectivity index (χ2n) is 4.24. The van der Waals surface area contributed by atoms with E-state index in [9.17, 15) is 0 Å². The molecule has 0 amide bonds. The van der Waals surface area contributed by atoms with Gasteiger partial charge in [0, 0.05) is 32.0 Å². The van der Waals surface area contributed by atoms with E-state index >= 15 is 0 Å². The van der Waals surface area contributed by atoms with Gasteiger partial charge in [0.1, 0.15) is 5.82 Å². The van der Waals surface area contributed by atoms with Crippen molar-refractivity contribution in [2.45, 2.75) is 33.4 Å². The van der Waals surface area contributed by atoms with Gasteiger partial charge in [0.25, 0.3) is 0 Å². The SMILES string of the molecule is CCn1nc(C)c(N)c1NCCCn1ccnc1. The minimum absolute atomic E-state index is 0.750. The van der Waals surface area contributed by atoms with Crippen LogP contribution in [0.1, 0.15) is 19.0 Å². The number of nitrogens with one attached hydrogen (secondary N) is 1. The molecule has 6 nitrogen and oxygen atoms in total. The van der Waals surface area contributed by atoms with E-state index in [1.807, 2.05) is 24.1 Å². The number of rotatable bonds is 6. The van der Waals surface area contributed by atoms with E-state index in [1.54, 1.807) is 6.20 Å². The summed E-state index contributed by atoms with van der Waals surface area (Å²) in [4.78, 5) is 4.01. The first-order chi connectivity index (χ1) is 8.72. The number of nitrogens with two attached hydrogens (primary N) is 1. The van der Waals surface area contributed by atoms with Crippen LogP contribution in [0.5, 0.6) is 0 Å². The first-order valence-corrected chi connectivity index (χ1v) is 6.25. The molecule has 0 unspecified atom stereocenters. The number of hydrogen-bond donors (Lipinski definition) is 2. The highest BCUT2D eigenvalue weighted by atomic mass is 15.3. The Balaban J connectivity index is 1.86. The summed E-state index contributed by atoms with van der Waals surface area (Å²) in [5, 5.41) is 7.73. The molecule has 0 aliphatic carbocycles. The van der Waals surface area contributed by atoms with Gasteiger partial charge < -0.3 is 15.6 Å². The summed E-state index contributed by atoms with van der Waals surface area (Å²) >= 11 is 0. The first-order valence-electron chi connectivity index (χ1n) is 6.25. The Morgan fingerprint density at radius 3 is 2.94 bits per heavy atom. The van der Waals surface area contributed by atoms with Gasteiger partial charge in [0.05, 0.1) is 17.7 Å². The molecule has 0 saturated carbocycles. The summed E-state index contributed by atoms with van der Waals surface area (Å²) in [5.41, 5.74) is 7.63. The van der Waals surface area contributed by atoms with Crippen molar-refractivity contribution in [1.29, 1.82) is 0 Å². The van der Waals surface area contributed by atoms with Crippen LogP contribution in [0.2, 0.25) is 0 Å². The molecular weight excluding hydrogens is 228 g/mol. The van der Waals surface area contributed by atoms with Gasteiger partial charge in [-0.15, -0.1) is 0 Å². The van der Waals surface area contributed by atoms with Gasteiger partial charge in [-0.05, 0) is 20.3 Å². The predicted molar refractivity (Wildman–Crippen MR) is 72.4 cm³/mol. The predicted octanol–water partition coefficient (Wildman–Crippen LogP) is 1.49. The zero-order chi connectivity index (χ0) is 13.0. The Hall–Kier alpha value is -1.98. The largest absolute Gasteiger partial charge is 0.394 e. The van der Waals surface area contributed by atoms with Gasteiger partial charge in [-0.3, -0.25) is 0 Å². The second kappa shape index (κ2) is 5.57. The lowest BCUT2D eigenvalue weighted by Crippen LogP contribution is -2.11. The van der Waals surface area contributed by atoms with Crippen molar-refractivity contribution in [2.75, 3.05) is 17.6 Å². The van der Waals surface area contributed by atoms with E-state index in [0.29, 0.717) is 0 Å². The standard InChI is InChI=1S/C12H20N6/c1-3-18-12(11(13)10(2)16-18)15-5-4-7-17-8-6-14-9-17/h6,8-9,15H,3-5,7,13H2,1-2H3. The summed E-state index contributed by atoms with van der Waals surface area (Å²) in [6.07, 6.45) is 6.61. The van der Waals surface area contributed by atoms with E-state index < -0.39 is 0 Å². The number of hydrogen-bond acceptors (Lipinski definition) is 4. The van der Waals surface area contributed by atoms with Crippen LogP contribution in [-0.4, -0.2) is 25.9 Å². The minimum Gasteiger partial charge on any atom is -0.394 e. The zero-order valence-corrected chi connectivity index (χ0v) is 10.9. The maximum atomic E-state index is 5.99. The van der Waals surface area contributed by atoms with E-state index in [2.05, 4.69) is 26.9 Å². The molecule has 2 aromatic rings. The second-order valence-corrected chi connectivity index (χ2v) is 4.24. The highest BCUT2D eigenvalue weighted by Crippen LogP contribution is 2.21. The van der Waals surface area contributed by atoms with Crippen molar-refractivity contribution >= 4 is 11.5 Å². The van der Waals surface area contributed by atoms with Crippen molar-refractivity contribution in [3.63, 3.8) is 0 Å². The monoisotopic (exact) mass is 248 g/mol. The van der Waals surface area contributed by atoms with E-state index in [0.717, 1.165) is 43.3 Å². The maximum absolute atomic E-state index is 5.99. The fraction of sp³-hybridized carbons (Fsp3) is 0.500. The molecule has 6 heteroatoms. The molecule has 2 aromatic heterocycles.